The fraction of sp³-hybridized carbons (Fsp3) is 1.00. The van der Waals surface area contributed by atoms with Gasteiger partial charge >= 0.3 is 0 Å². The van der Waals surface area contributed by atoms with Gasteiger partial charge in [0.15, 0.2) is 0 Å². The van der Waals surface area contributed by atoms with Crippen LogP contribution in [0, 0.1) is 0 Å². The largest absolute Gasteiger partial charge is 0.385 e. The predicted molar refractivity (Wildman–Crippen MR) is 67.9 cm³/mol. The topological polar surface area (TPSA) is 33.7 Å². The Morgan fingerprint density at radius 3 is 2.50 bits per heavy atom. The van der Waals surface area contributed by atoms with Crippen LogP contribution in [0.5, 0.6) is 0 Å². The van der Waals surface area contributed by atoms with Crippen molar-refractivity contribution in [3.8, 4) is 0 Å². The van der Waals surface area contributed by atoms with E-state index in [9.17, 15) is 0 Å². The van der Waals surface area contributed by atoms with Crippen LogP contribution in [0.3, 0.4) is 0 Å². The fourth-order valence-electron chi connectivity index (χ4n) is 1.19. The van der Waals surface area contributed by atoms with Crippen LogP contribution in [-0.4, -0.2) is 64.6 Å². The minimum atomic E-state index is 0.618. The molecule has 0 saturated carbocycles. The molecular formula is C12H28N2O2. The predicted octanol–water partition coefficient (Wildman–Crippen LogP) is 0.969. The number of likely N-dealkylation sites (N-methyl/N-ethyl adjacent to an activating group) is 1. The molecule has 0 radical (unpaired) electrons. The summed E-state index contributed by atoms with van der Waals surface area (Å²) in [5.74, 6) is 0. The van der Waals surface area contributed by atoms with Gasteiger partial charge < -0.3 is 19.7 Å². The van der Waals surface area contributed by atoms with Gasteiger partial charge in [-0.2, -0.15) is 0 Å². The third kappa shape index (κ3) is 10.4. The Morgan fingerprint density at radius 1 is 1.12 bits per heavy atom. The van der Waals surface area contributed by atoms with Gasteiger partial charge in [-0.3, -0.25) is 0 Å². The first-order valence-electron chi connectivity index (χ1n) is 6.16. The van der Waals surface area contributed by atoms with Gasteiger partial charge in [0, 0.05) is 46.0 Å². The second-order valence-corrected chi connectivity index (χ2v) is 4.28. The lowest BCUT2D eigenvalue weighted by molar-refractivity contribution is 0.104. The maximum absolute atomic E-state index is 5.43. The number of hydrogen-bond acceptors (Lipinski definition) is 4. The molecule has 4 nitrogen and oxygen atoms in total. The number of rotatable bonds is 11. The molecule has 0 aliphatic heterocycles. The fourth-order valence-corrected chi connectivity index (χ4v) is 1.19. The molecule has 0 aromatic heterocycles. The van der Waals surface area contributed by atoms with Crippen LogP contribution >= 0.6 is 0 Å². The molecule has 0 spiro atoms. The molecule has 98 valence electrons. The zero-order valence-corrected chi connectivity index (χ0v) is 11.3. The van der Waals surface area contributed by atoms with Crippen LogP contribution < -0.4 is 5.32 Å². The second kappa shape index (κ2) is 11.3. The molecule has 0 aliphatic carbocycles. The second-order valence-electron chi connectivity index (χ2n) is 4.28. The molecule has 0 heterocycles. The summed E-state index contributed by atoms with van der Waals surface area (Å²) < 4.78 is 10.4. The lowest BCUT2D eigenvalue weighted by atomic mass is 10.3. The van der Waals surface area contributed by atoms with Crippen LogP contribution in [-0.2, 0) is 9.47 Å². The van der Waals surface area contributed by atoms with Crippen LogP contribution in [0.25, 0.3) is 0 Å². The van der Waals surface area contributed by atoms with Crippen molar-refractivity contribution < 1.29 is 9.47 Å². The summed E-state index contributed by atoms with van der Waals surface area (Å²) in [7, 11) is 3.86. The zero-order chi connectivity index (χ0) is 12.2. The van der Waals surface area contributed by atoms with Crippen molar-refractivity contribution in [1.82, 2.24) is 10.2 Å². The van der Waals surface area contributed by atoms with Gasteiger partial charge in [-0.05, 0) is 27.3 Å². The highest BCUT2D eigenvalue weighted by Crippen LogP contribution is 1.90. The molecule has 0 aromatic carbocycles. The Morgan fingerprint density at radius 2 is 1.88 bits per heavy atom. The van der Waals surface area contributed by atoms with E-state index in [1.54, 1.807) is 7.11 Å². The quantitative estimate of drug-likeness (QED) is 0.538. The monoisotopic (exact) mass is 232 g/mol. The Bertz CT molecular complexity index is 143. The molecule has 0 bridgehead atoms. The summed E-state index contributed by atoms with van der Waals surface area (Å²) >= 11 is 0. The van der Waals surface area contributed by atoms with E-state index in [0.717, 1.165) is 45.9 Å². The summed E-state index contributed by atoms with van der Waals surface area (Å²) in [5.41, 5.74) is 0. The molecule has 1 N–H and O–H groups in total. The number of ether oxygens (including phenoxy) is 2. The molecule has 0 aromatic rings. The van der Waals surface area contributed by atoms with E-state index < -0.39 is 0 Å². The van der Waals surface area contributed by atoms with E-state index in [2.05, 4.69) is 31.1 Å². The Balaban J connectivity index is 3.04. The zero-order valence-electron chi connectivity index (χ0n) is 11.3. The minimum absolute atomic E-state index is 0.618. The van der Waals surface area contributed by atoms with E-state index in [1.807, 2.05) is 0 Å². The molecule has 0 aliphatic rings. The van der Waals surface area contributed by atoms with Crippen molar-refractivity contribution in [1.29, 1.82) is 0 Å². The van der Waals surface area contributed by atoms with Crippen LogP contribution in [0.1, 0.15) is 20.3 Å². The molecule has 0 fully saturated rings. The van der Waals surface area contributed by atoms with Crippen molar-refractivity contribution in [2.24, 2.45) is 0 Å². The van der Waals surface area contributed by atoms with Crippen LogP contribution in [0.15, 0.2) is 0 Å². The van der Waals surface area contributed by atoms with Crippen molar-refractivity contribution in [2.75, 3.05) is 53.6 Å². The number of nitrogens with zero attached hydrogens (tertiary/aromatic N) is 1. The summed E-state index contributed by atoms with van der Waals surface area (Å²) in [6.45, 7) is 9.82. The first-order valence-corrected chi connectivity index (χ1v) is 6.16. The molecular weight excluding hydrogens is 204 g/mol. The Hall–Kier alpha value is -0.160. The van der Waals surface area contributed by atoms with Gasteiger partial charge in [0.2, 0.25) is 0 Å². The van der Waals surface area contributed by atoms with E-state index in [-0.39, 0.29) is 0 Å². The third-order valence-corrected chi connectivity index (χ3v) is 2.58. The Kier molecular flexibility index (Phi) is 11.2. The maximum atomic E-state index is 5.43. The number of nitrogens with one attached hydrogen (secondary N) is 1. The average molecular weight is 232 g/mol. The lowest BCUT2D eigenvalue weighted by Gasteiger charge is -2.20. The smallest absolute Gasteiger partial charge is 0.0590 e. The average Bonchev–Trinajstić information content (AvgIpc) is 2.26. The van der Waals surface area contributed by atoms with E-state index >= 15 is 0 Å². The van der Waals surface area contributed by atoms with Gasteiger partial charge in [0.25, 0.3) is 0 Å². The van der Waals surface area contributed by atoms with Gasteiger partial charge in [-0.25, -0.2) is 0 Å². The SMILES string of the molecule is COCCCOCCNCCN(C)C(C)C. The van der Waals surface area contributed by atoms with Gasteiger partial charge in [0.05, 0.1) is 6.61 Å². The highest BCUT2D eigenvalue weighted by atomic mass is 16.5. The molecule has 16 heavy (non-hydrogen) atoms. The lowest BCUT2D eigenvalue weighted by Crippen LogP contribution is -2.34. The van der Waals surface area contributed by atoms with Crippen molar-refractivity contribution in [3.05, 3.63) is 0 Å². The van der Waals surface area contributed by atoms with Gasteiger partial charge in [-0.15, -0.1) is 0 Å². The maximum Gasteiger partial charge on any atom is 0.0590 e. The summed E-state index contributed by atoms with van der Waals surface area (Å²) in [4.78, 5) is 2.33. The first-order chi connectivity index (χ1) is 7.68. The normalized spacial score (nSPS) is 11.6. The summed E-state index contributed by atoms with van der Waals surface area (Å²) in [6, 6.07) is 0.618. The summed E-state index contributed by atoms with van der Waals surface area (Å²) in [6.07, 6.45) is 0.979. The standard InChI is InChI=1S/C12H28N2O2/c1-12(2)14(3)8-6-13-7-11-16-10-5-9-15-4/h12-13H,5-11H2,1-4H3. The van der Waals surface area contributed by atoms with Crippen molar-refractivity contribution in [3.63, 3.8) is 0 Å². The van der Waals surface area contributed by atoms with Crippen LogP contribution in [0.4, 0.5) is 0 Å². The van der Waals surface area contributed by atoms with E-state index in [1.165, 1.54) is 0 Å². The minimum Gasteiger partial charge on any atom is -0.385 e. The Labute approximate surface area is 100 Å². The number of methoxy groups -OCH3 is 1. The van der Waals surface area contributed by atoms with Crippen molar-refractivity contribution in [2.45, 2.75) is 26.3 Å². The van der Waals surface area contributed by atoms with Crippen molar-refractivity contribution >= 4 is 0 Å². The summed E-state index contributed by atoms with van der Waals surface area (Å²) in [5, 5.41) is 3.36. The molecule has 0 amide bonds. The molecule has 0 atom stereocenters. The van der Waals surface area contributed by atoms with Crippen LogP contribution in [0.2, 0.25) is 0 Å². The molecule has 4 heteroatoms. The highest BCUT2D eigenvalue weighted by molar-refractivity contribution is 4.58. The van der Waals surface area contributed by atoms with Gasteiger partial charge in [-0.1, -0.05) is 0 Å². The molecule has 0 unspecified atom stereocenters. The highest BCUT2D eigenvalue weighted by Gasteiger charge is 2.00. The third-order valence-electron chi connectivity index (χ3n) is 2.58. The molecule has 0 rings (SSSR count). The van der Waals surface area contributed by atoms with E-state index in [4.69, 9.17) is 9.47 Å². The first kappa shape index (κ1) is 15.8. The molecule has 0 saturated heterocycles. The van der Waals surface area contributed by atoms with E-state index in [0.29, 0.717) is 6.04 Å². The number of hydrogen-bond donors (Lipinski definition) is 1. The van der Waals surface area contributed by atoms with Gasteiger partial charge in [0.1, 0.15) is 0 Å².